The average Bonchev–Trinajstić information content (AvgIpc) is 2.47. The van der Waals surface area contributed by atoms with E-state index in [1.807, 2.05) is 12.1 Å². The van der Waals surface area contributed by atoms with Crippen molar-refractivity contribution >= 4 is 17.7 Å². The first kappa shape index (κ1) is 15.8. The molecule has 2 N–H and O–H groups in total. The second-order valence-electron chi connectivity index (χ2n) is 3.84. The maximum absolute atomic E-state index is 11.2. The predicted octanol–water partition coefficient (Wildman–Crippen LogP) is 1.55. The summed E-state index contributed by atoms with van der Waals surface area (Å²) in [6, 6.07) is 6.94. The van der Waals surface area contributed by atoms with Crippen LogP contribution in [0.15, 0.2) is 24.3 Å². The van der Waals surface area contributed by atoms with Gasteiger partial charge < -0.3 is 14.4 Å². The topological polar surface area (TPSA) is 88.1 Å². The zero-order valence-corrected chi connectivity index (χ0v) is 11.5. The first-order valence-electron chi connectivity index (χ1n) is 6.23. The Morgan fingerprint density at radius 3 is 2.30 bits per heavy atom. The molecule has 20 heavy (non-hydrogen) atoms. The molecule has 0 aliphatic carbocycles. The molecule has 0 fully saturated rings. The maximum Gasteiger partial charge on any atom is 0.514 e. The lowest BCUT2D eigenvalue weighted by Gasteiger charge is -2.20. The lowest BCUT2D eigenvalue weighted by Crippen LogP contribution is -2.26. The van der Waals surface area contributed by atoms with Gasteiger partial charge >= 0.3 is 6.16 Å². The summed E-state index contributed by atoms with van der Waals surface area (Å²) >= 11 is 0. The quantitative estimate of drug-likeness (QED) is 0.356. The SMILES string of the molecule is CCN(CC)c1ccc(OC(=O)OCC(=O)NO)cc1. The molecule has 0 radical (unpaired) electrons. The van der Waals surface area contributed by atoms with E-state index in [0.717, 1.165) is 18.8 Å². The standard InChI is InChI=1S/C13H18N2O5/c1-3-15(4-2)10-5-7-11(8-6-10)20-13(17)19-9-12(16)14-18/h5-8,18H,3-4,9H2,1-2H3,(H,14,16). The van der Waals surface area contributed by atoms with Crippen molar-refractivity contribution in [2.75, 3.05) is 24.6 Å². The third kappa shape index (κ3) is 4.77. The van der Waals surface area contributed by atoms with Crippen molar-refractivity contribution in [1.82, 2.24) is 5.48 Å². The monoisotopic (exact) mass is 282 g/mol. The van der Waals surface area contributed by atoms with Gasteiger partial charge in [0.15, 0.2) is 6.61 Å². The molecule has 0 unspecified atom stereocenters. The van der Waals surface area contributed by atoms with Gasteiger partial charge in [-0.1, -0.05) is 0 Å². The van der Waals surface area contributed by atoms with E-state index in [1.54, 1.807) is 12.1 Å². The van der Waals surface area contributed by atoms with Gasteiger partial charge in [0.25, 0.3) is 5.91 Å². The molecular formula is C13H18N2O5. The molecule has 0 saturated carbocycles. The molecule has 7 nitrogen and oxygen atoms in total. The molecular weight excluding hydrogens is 264 g/mol. The van der Waals surface area contributed by atoms with Gasteiger partial charge in [-0.15, -0.1) is 0 Å². The second-order valence-corrected chi connectivity index (χ2v) is 3.84. The van der Waals surface area contributed by atoms with Crippen LogP contribution in [0.4, 0.5) is 10.5 Å². The molecule has 1 aromatic carbocycles. The fourth-order valence-corrected chi connectivity index (χ4v) is 1.60. The number of rotatable bonds is 6. The highest BCUT2D eigenvalue weighted by Gasteiger charge is 2.09. The van der Waals surface area contributed by atoms with E-state index in [9.17, 15) is 9.59 Å². The minimum absolute atomic E-state index is 0.315. The molecule has 1 amide bonds. The van der Waals surface area contributed by atoms with Crippen LogP contribution in [0.3, 0.4) is 0 Å². The highest BCUT2D eigenvalue weighted by molar-refractivity contribution is 5.78. The number of ether oxygens (including phenoxy) is 2. The predicted molar refractivity (Wildman–Crippen MR) is 71.9 cm³/mol. The Morgan fingerprint density at radius 1 is 1.20 bits per heavy atom. The largest absolute Gasteiger partial charge is 0.514 e. The first-order valence-corrected chi connectivity index (χ1v) is 6.23. The summed E-state index contributed by atoms with van der Waals surface area (Å²) in [7, 11) is 0. The average molecular weight is 282 g/mol. The summed E-state index contributed by atoms with van der Waals surface area (Å²) in [5, 5.41) is 8.23. The molecule has 1 aromatic rings. The Bertz CT molecular complexity index is 443. The molecule has 110 valence electrons. The van der Waals surface area contributed by atoms with Gasteiger partial charge in [0.1, 0.15) is 5.75 Å². The Balaban J connectivity index is 2.52. The maximum atomic E-state index is 11.2. The fourth-order valence-electron chi connectivity index (χ4n) is 1.60. The second kappa shape index (κ2) is 8.00. The van der Waals surface area contributed by atoms with E-state index >= 15 is 0 Å². The number of benzene rings is 1. The third-order valence-electron chi connectivity index (χ3n) is 2.61. The van der Waals surface area contributed by atoms with Crippen molar-refractivity contribution in [3.63, 3.8) is 0 Å². The molecule has 0 heterocycles. The number of hydrogen-bond donors (Lipinski definition) is 2. The Kier molecular flexibility index (Phi) is 6.31. The molecule has 0 aliphatic rings. The van der Waals surface area contributed by atoms with Crippen LogP contribution in [0, 0.1) is 0 Å². The zero-order valence-electron chi connectivity index (χ0n) is 11.5. The van der Waals surface area contributed by atoms with Gasteiger partial charge in [0, 0.05) is 18.8 Å². The summed E-state index contributed by atoms with van der Waals surface area (Å²) in [5.74, 6) is -0.519. The summed E-state index contributed by atoms with van der Waals surface area (Å²) in [6.45, 7) is 5.27. The molecule has 0 aliphatic heterocycles. The van der Waals surface area contributed by atoms with Gasteiger partial charge in [-0.05, 0) is 38.1 Å². The van der Waals surface area contributed by atoms with Crippen molar-refractivity contribution < 1.29 is 24.3 Å². The summed E-state index contributed by atoms with van der Waals surface area (Å²) in [6.07, 6.45) is -1.01. The lowest BCUT2D eigenvalue weighted by atomic mass is 10.2. The Hall–Kier alpha value is -2.28. The van der Waals surface area contributed by atoms with Crippen LogP contribution >= 0.6 is 0 Å². The molecule has 0 spiro atoms. The molecule has 1 rings (SSSR count). The summed E-state index contributed by atoms with van der Waals surface area (Å²) in [4.78, 5) is 24.0. The van der Waals surface area contributed by atoms with Crippen molar-refractivity contribution in [3.05, 3.63) is 24.3 Å². The zero-order chi connectivity index (χ0) is 15.0. The van der Waals surface area contributed by atoms with Crippen molar-refractivity contribution in [2.45, 2.75) is 13.8 Å². The molecule has 7 heteroatoms. The number of amides is 1. The molecule has 0 saturated heterocycles. The van der Waals surface area contributed by atoms with Gasteiger partial charge in [0.05, 0.1) is 0 Å². The van der Waals surface area contributed by atoms with Gasteiger partial charge in [-0.3, -0.25) is 10.0 Å². The molecule has 0 aromatic heterocycles. The van der Waals surface area contributed by atoms with Gasteiger partial charge in [-0.2, -0.15) is 0 Å². The van der Waals surface area contributed by atoms with E-state index in [0.29, 0.717) is 5.75 Å². The first-order chi connectivity index (χ1) is 9.60. The van der Waals surface area contributed by atoms with E-state index < -0.39 is 18.7 Å². The highest BCUT2D eigenvalue weighted by Crippen LogP contribution is 2.19. The van der Waals surface area contributed by atoms with Gasteiger partial charge in [-0.25, -0.2) is 10.3 Å². The minimum Gasteiger partial charge on any atom is -0.424 e. The van der Waals surface area contributed by atoms with Crippen LogP contribution < -0.4 is 15.1 Å². The number of anilines is 1. The number of nitrogens with one attached hydrogen (secondary N) is 1. The van der Waals surface area contributed by atoms with E-state index in [4.69, 9.17) is 9.94 Å². The number of hydroxylamine groups is 1. The van der Waals surface area contributed by atoms with Crippen LogP contribution in [-0.4, -0.2) is 37.0 Å². The van der Waals surface area contributed by atoms with Crippen molar-refractivity contribution in [3.8, 4) is 5.75 Å². The molecule has 0 atom stereocenters. The minimum atomic E-state index is -1.01. The lowest BCUT2D eigenvalue weighted by molar-refractivity contribution is -0.132. The summed E-state index contributed by atoms with van der Waals surface area (Å²) < 4.78 is 9.35. The number of carbonyl (C=O) groups is 2. The number of carbonyl (C=O) groups excluding carboxylic acids is 2. The normalized spacial score (nSPS) is 9.75. The van der Waals surface area contributed by atoms with E-state index in [-0.39, 0.29) is 0 Å². The smallest absolute Gasteiger partial charge is 0.424 e. The van der Waals surface area contributed by atoms with Crippen molar-refractivity contribution in [1.29, 1.82) is 0 Å². The molecule has 0 bridgehead atoms. The Morgan fingerprint density at radius 2 is 1.80 bits per heavy atom. The van der Waals surface area contributed by atoms with Crippen LogP contribution in [-0.2, 0) is 9.53 Å². The van der Waals surface area contributed by atoms with Crippen LogP contribution in [0.25, 0.3) is 0 Å². The number of nitrogens with zero attached hydrogens (tertiary/aromatic N) is 1. The van der Waals surface area contributed by atoms with Crippen LogP contribution in [0.1, 0.15) is 13.8 Å². The van der Waals surface area contributed by atoms with E-state index in [1.165, 1.54) is 5.48 Å². The third-order valence-corrected chi connectivity index (χ3v) is 2.61. The fraction of sp³-hybridized carbons (Fsp3) is 0.385. The number of hydrogen-bond acceptors (Lipinski definition) is 6. The highest BCUT2D eigenvalue weighted by atomic mass is 16.7. The van der Waals surface area contributed by atoms with E-state index in [2.05, 4.69) is 23.5 Å². The van der Waals surface area contributed by atoms with Crippen LogP contribution in [0.2, 0.25) is 0 Å². The van der Waals surface area contributed by atoms with Gasteiger partial charge in [0.2, 0.25) is 0 Å². The Labute approximate surface area is 117 Å². The summed E-state index contributed by atoms with van der Waals surface area (Å²) in [5.41, 5.74) is 2.36. The van der Waals surface area contributed by atoms with Crippen molar-refractivity contribution in [2.24, 2.45) is 0 Å². The van der Waals surface area contributed by atoms with Crippen LogP contribution in [0.5, 0.6) is 5.75 Å².